The van der Waals surface area contributed by atoms with Gasteiger partial charge in [0.15, 0.2) is 5.16 Å². The van der Waals surface area contributed by atoms with Crippen LogP contribution in [0, 0.1) is 0 Å². The van der Waals surface area contributed by atoms with Crippen molar-refractivity contribution in [2.45, 2.75) is 56.6 Å². The van der Waals surface area contributed by atoms with Gasteiger partial charge in [0.25, 0.3) is 0 Å². The number of hydrogen-bond acceptors (Lipinski definition) is 4. The van der Waals surface area contributed by atoms with Crippen molar-refractivity contribution >= 4 is 17.7 Å². The Bertz CT molecular complexity index is 478. The van der Waals surface area contributed by atoms with Crippen molar-refractivity contribution in [1.82, 2.24) is 19.7 Å². The first-order chi connectivity index (χ1) is 9.79. The van der Waals surface area contributed by atoms with Crippen LogP contribution >= 0.6 is 11.8 Å². The Labute approximate surface area is 124 Å². The van der Waals surface area contributed by atoms with Gasteiger partial charge >= 0.3 is 0 Å². The highest BCUT2D eigenvalue weighted by Crippen LogP contribution is 2.39. The molecular weight excluding hydrogens is 272 g/mol. The maximum atomic E-state index is 12.2. The lowest BCUT2D eigenvalue weighted by Crippen LogP contribution is -2.36. The molecule has 0 atom stereocenters. The van der Waals surface area contributed by atoms with Crippen LogP contribution in [0.3, 0.4) is 0 Å². The maximum Gasteiger partial charge on any atom is 0.233 e. The van der Waals surface area contributed by atoms with E-state index in [2.05, 4.69) is 21.7 Å². The molecule has 0 aromatic carbocycles. The molecule has 1 aromatic rings. The van der Waals surface area contributed by atoms with Crippen molar-refractivity contribution in [3.8, 4) is 0 Å². The third-order valence-corrected chi connectivity index (χ3v) is 4.99. The van der Waals surface area contributed by atoms with Gasteiger partial charge in [-0.2, -0.15) is 0 Å². The van der Waals surface area contributed by atoms with E-state index >= 15 is 0 Å². The largest absolute Gasteiger partial charge is 0.342 e. The van der Waals surface area contributed by atoms with E-state index in [9.17, 15) is 4.79 Å². The highest BCUT2D eigenvalue weighted by molar-refractivity contribution is 7.99. The molecule has 2 fully saturated rings. The van der Waals surface area contributed by atoms with Crippen LogP contribution in [0.2, 0.25) is 0 Å². The second kappa shape index (κ2) is 6.16. The molecule has 0 N–H and O–H groups in total. The molecule has 1 saturated carbocycles. The van der Waals surface area contributed by atoms with Crippen molar-refractivity contribution in [1.29, 1.82) is 0 Å². The molecule has 3 rings (SSSR count). The number of carbonyl (C=O) groups is 1. The fraction of sp³-hybridized carbons (Fsp3) is 0.786. The number of amides is 1. The highest BCUT2D eigenvalue weighted by atomic mass is 32.2. The molecule has 0 unspecified atom stereocenters. The molecule has 1 saturated heterocycles. The molecule has 1 aliphatic heterocycles. The Morgan fingerprint density at radius 2 is 2.00 bits per heavy atom. The van der Waals surface area contributed by atoms with Crippen molar-refractivity contribution in [3.05, 3.63) is 5.82 Å². The molecule has 6 heteroatoms. The van der Waals surface area contributed by atoms with Gasteiger partial charge in [0.2, 0.25) is 5.91 Å². The summed E-state index contributed by atoms with van der Waals surface area (Å²) < 4.78 is 2.17. The topological polar surface area (TPSA) is 51.0 Å². The number of rotatable bonds is 5. The average molecular weight is 294 g/mol. The monoisotopic (exact) mass is 294 g/mol. The third kappa shape index (κ3) is 3.00. The van der Waals surface area contributed by atoms with Crippen LogP contribution in [0.5, 0.6) is 0 Å². The minimum Gasteiger partial charge on any atom is -0.342 e. The SMILES string of the molecule is CCn1c(SCC(=O)N2CCCCC2)nnc1C1CC1. The summed E-state index contributed by atoms with van der Waals surface area (Å²) in [7, 11) is 0. The number of thioether (sulfide) groups is 1. The lowest BCUT2D eigenvalue weighted by Gasteiger charge is -2.26. The van der Waals surface area contributed by atoms with Gasteiger partial charge < -0.3 is 9.47 Å². The van der Waals surface area contributed by atoms with Gasteiger partial charge in [0, 0.05) is 25.6 Å². The summed E-state index contributed by atoms with van der Waals surface area (Å²) in [5.41, 5.74) is 0. The van der Waals surface area contributed by atoms with Crippen LogP contribution in [-0.2, 0) is 11.3 Å². The number of carbonyl (C=O) groups excluding carboxylic acids is 1. The summed E-state index contributed by atoms with van der Waals surface area (Å²) in [6.45, 7) is 4.85. The molecule has 2 aliphatic rings. The van der Waals surface area contributed by atoms with Gasteiger partial charge in [-0.1, -0.05) is 11.8 Å². The van der Waals surface area contributed by atoms with E-state index in [1.807, 2.05) is 4.90 Å². The molecule has 1 aliphatic carbocycles. The number of aromatic nitrogens is 3. The fourth-order valence-electron chi connectivity index (χ4n) is 2.71. The van der Waals surface area contributed by atoms with Crippen LogP contribution < -0.4 is 0 Å². The van der Waals surface area contributed by atoms with E-state index in [0.717, 1.165) is 43.5 Å². The van der Waals surface area contributed by atoms with Crippen LogP contribution in [0.1, 0.15) is 50.8 Å². The number of likely N-dealkylation sites (tertiary alicyclic amines) is 1. The number of nitrogens with zero attached hydrogens (tertiary/aromatic N) is 4. The quantitative estimate of drug-likeness (QED) is 0.782. The summed E-state index contributed by atoms with van der Waals surface area (Å²) in [6.07, 6.45) is 6.01. The van der Waals surface area contributed by atoms with Crippen molar-refractivity contribution < 1.29 is 4.79 Å². The molecule has 0 bridgehead atoms. The fourth-order valence-corrected chi connectivity index (χ4v) is 3.62. The summed E-state index contributed by atoms with van der Waals surface area (Å²) in [5.74, 6) is 2.45. The zero-order valence-electron chi connectivity index (χ0n) is 12.0. The molecule has 1 aromatic heterocycles. The Morgan fingerprint density at radius 1 is 1.25 bits per heavy atom. The third-order valence-electron chi connectivity index (χ3n) is 4.04. The molecule has 0 spiro atoms. The van der Waals surface area contributed by atoms with E-state index < -0.39 is 0 Å². The van der Waals surface area contributed by atoms with Gasteiger partial charge in [0.1, 0.15) is 5.82 Å². The van der Waals surface area contributed by atoms with Crippen molar-refractivity contribution in [3.63, 3.8) is 0 Å². The molecule has 5 nitrogen and oxygen atoms in total. The number of hydrogen-bond donors (Lipinski definition) is 0. The highest BCUT2D eigenvalue weighted by Gasteiger charge is 2.30. The van der Waals surface area contributed by atoms with Gasteiger partial charge in [-0.25, -0.2) is 0 Å². The van der Waals surface area contributed by atoms with Crippen molar-refractivity contribution in [2.75, 3.05) is 18.8 Å². The average Bonchev–Trinajstić information content (AvgIpc) is 3.26. The Morgan fingerprint density at radius 3 is 2.65 bits per heavy atom. The van der Waals surface area contributed by atoms with Gasteiger partial charge in [-0.15, -0.1) is 10.2 Å². The second-order valence-corrected chi connectivity index (χ2v) is 6.53. The predicted molar refractivity (Wildman–Crippen MR) is 78.8 cm³/mol. The van der Waals surface area contributed by atoms with Crippen LogP contribution in [0.25, 0.3) is 0 Å². The van der Waals surface area contributed by atoms with Crippen molar-refractivity contribution in [2.24, 2.45) is 0 Å². The van der Waals surface area contributed by atoms with Crippen LogP contribution in [0.4, 0.5) is 0 Å². The minimum absolute atomic E-state index is 0.244. The Kier molecular flexibility index (Phi) is 4.29. The lowest BCUT2D eigenvalue weighted by molar-refractivity contribution is -0.129. The molecule has 0 radical (unpaired) electrons. The van der Waals surface area contributed by atoms with Crippen LogP contribution in [-0.4, -0.2) is 44.4 Å². The first-order valence-corrected chi connectivity index (χ1v) is 8.62. The first kappa shape index (κ1) is 13.9. The molecule has 2 heterocycles. The maximum absolute atomic E-state index is 12.2. The smallest absolute Gasteiger partial charge is 0.233 e. The van der Waals surface area contributed by atoms with E-state index in [-0.39, 0.29) is 5.91 Å². The van der Waals surface area contributed by atoms with Gasteiger partial charge in [0.05, 0.1) is 5.75 Å². The molecule has 110 valence electrons. The normalized spacial score (nSPS) is 19.4. The van der Waals surface area contributed by atoms with E-state index in [4.69, 9.17) is 0 Å². The van der Waals surface area contributed by atoms with E-state index in [1.54, 1.807) is 0 Å². The van der Waals surface area contributed by atoms with Gasteiger partial charge in [-0.3, -0.25) is 4.79 Å². The molecule has 1 amide bonds. The Balaban J connectivity index is 1.58. The second-order valence-electron chi connectivity index (χ2n) is 5.59. The number of piperidine rings is 1. The summed E-state index contributed by atoms with van der Waals surface area (Å²) in [4.78, 5) is 14.2. The van der Waals surface area contributed by atoms with E-state index in [1.165, 1.54) is 31.0 Å². The van der Waals surface area contributed by atoms with E-state index in [0.29, 0.717) is 11.7 Å². The standard InChI is InChI=1S/C14H22N4OS/c1-2-18-13(11-6-7-11)15-16-14(18)20-10-12(19)17-8-4-3-5-9-17/h11H,2-10H2,1H3. The minimum atomic E-state index is 0.244. The lowest BCUT2D eigenvalue weighted by atomic mass is 10.1. The Hall–Kier alpha value is -1.04. The molecular formula is C14H22N4OS. The van der Waals surface area contributed by atoms with Gasteiger partial charge in [-0.05, 0) is 39.0 Å². The first-order valence-electron chi connectivity index (χ1n) is 7.63. The zero-order chi connectivity index (χ0) is 13.9. The van der Waals surface area contributed by atoms with Crippen LogP contribution in [0.15, 0.2) is 5.16 Å². The predicted octanol–water partition coefficient (Wildman–Crippen LogP) is 2.28. The summed E-state index contributed by atoms with van der Waals surface area (Å²) in [5, 5.41) is 9.48. The zero-order valence-corrected chi connectivity index (χ0v) is 12.9. The summed E-state index contributed by atoms with van der Waals surface area (Å²) >= 11 is 1.54. The summed E-state index contributed by atoms with van der Waals surface area (Å²) in [6, 6.07) is 0. The molecule has 20 heavy (non-hydrogen) atoms.